The van der Waals surface area contributed by atoms with E-state index in [1.54, 1.807) is 0 Å². The molecule has 2 aromatic rings. The molecule has 21 heavy (non-hydrogen) atoms. The highest BCUT2D eigenvalue weighted by atomic mass is 35.5. The standard InChI is InChI=1S/C17H17ClO3/c18-15-8-6-14(7-9-15)13-4-1-12(2-5-13)3-10-16(19)11-17(20)21/h1-2,4-9,16,19H,3,10-11H2,(H,20,21). The molecule has 0 aliphatic carbocycles. The highest BCUT2D eigenvalue weighted by Crippen LogP contribution is 2.22. The van der Waals surface area contributed by atoms with Crippen LogP contribution in [0.1, 0.15) is 18.4 Å². The lowest BCUT2D eigenvalue weighted by atomic mass is 10.0. The molecule has 0 fully saturated rings. The third-order valence-corrected chi connectivity index (χ3v) is 3.56. The predicted octanol–water partition coefficient (Wildman–Crippen LogP) is 3.78. The average Bonchev–Trinajstić information content (AvgIpc) is 2.46. The largest absolute Gasteiger partial charge is 0.481 e. The van der Waals surface area contributed by atoms with Gasteiger partial charge in [0.15, 0.2) is 0 Å². The van der Waals surface area contributed by atoms with Gasteiger partial charge in [-0.15, -0.1) is 0 Å². The minimum absolute atomic E-state index is 0.205. The van der Waals surface area contributed by atoms with Crippen molar-refractivity contribution in [3.8, 4) is 11.1 Å². The van der Waals surface area contributed by atoms with E-state index in [1.807, 2.05) is 48.5 Å². The number of rotatable bonds is 6. The Bertz CT molecular complexity index is 590. The quantitative estimate of drug-likeness (QED) is 0.854. The molecule has 2 N–H and O–H groups in total. The minimum Gasteiger partial charge on any atom is -0.481 e. The SMILES string of the molecule is O=C(O)CC(O)CCc1ccc(-c2ccc(Cl)cc2)cc1. The molecule has 110 valence electrons. The van der Waals surface area contributed by atoms with Gasteiger partial charge in [0.25, 0.3) is 0 Å². The molecule has 0 amide bonds. The van der Waals surface area contributed by atoms with Crippen LogP contribution >= 0.6 is 11.6 Å². The molecule has 0 spiro atoms. The van der Waals surface area contributed by atoms with E-state index in [0.717, 1.165) is 16.7 Å². The van der Waals surface area contributed by atoms with Crippen LogP contribution in [0.5, 0.6) is 0 Å². The molecule has 0 heterocycles. The highest BCUT2D eigenvalue weighted by Gasteiger charge is 2.09. The summed E-state index contributed by atoms with van der Waals surface area (Å²) in [6.07, 6.45) is 0.114. The van der Waals surface area contributed by atoms with Gasteiger partial charge in [-0.05, 0) is 41.7 Å². The topological polar surface area (TPSA) is 57.5 Å². The van der Waals surface area contributed by atoms with Gasteiger partial charge in [-0.3, -0.25) is 4.79 Å². The lowest BCUT2D eigenvalue weighted by molar-refractivity contribution is -0.139. The van der Waals surface area contributed by atoms with Gasteiger partial charge in [-0.2, -0.15) is 0 Å². The van der Waals surface area contributed by atoms with E-state index < -0.39 is 12.1 Å². The van der Waals surface area contributed by atoms with Gasteiger partial charge in [0.2, 0.25) is 0 Å². The number of aliphatic hydroxyl groups excluding tert-OH is 1. The Labute approximate surface area is 128 Å². The predicted molar refractivity (Wildman–Crippen MR) is 83.5 cm³/mol. The van der Waals surface area contributed by atoms with Crippen LogP contribution in [0.15, 0.2) is 48.5 Å². The maximum atomic E-state index is 10.5. The van der Waals surface area contributed by atoms with Crippen molar-refractivity contribution in [2.45, 2.75) is 25.4 Å². The van der Waals surface area contributed by atoms with E-state index in [0.29, 0.717) is 17.9 Å². The summed E-state index contributed by atoms with van der Waals surface area (Å²) in [5.41, 5.74) is 3.27. The summed E-state index contributed by atoms with van der Waals surface area (Å²) in [6.45, 7) is 0. The number of carbonyl (C=O) groups is 1. The van der Waals surface area contributed by atoms with Crippen LogP contribution in [0.3, 0.4) is 0 Å². The van der Waals surface area contributed by atoms with Crippen LogP contribution in [0.4, 0.5) is 0 Å². The van der Waals surface area contributed by atoms with Gasteiger partial charge in [-0.25, -0.2) is 0 Å². The van der Waals surface area contributed by atoms with E-state index in [2.05, 4.69) is 0 Å². The number of aliphatic carboxylic acids is 1. The summed E-state index contributed by atoms with van der Waals surface area (Å²) in [4.78, 5) is 10.5. The Morgan fingerprint density at radius 1 is 1.00 bits per heavy atom. The molecule has 2 aromatic carbocycles. The molecule has 0 aliphatic heterocycles. The Hall–Kier alpha value is -1.84. The lowest BCUT2D eigenvalue weighted by Crippen LogP contribution is -2.13. The number of hydrogen-bond acceptors (Lipinski definition) is 2. The van der Waals surface area contributed by atoms with Gasteiger partial charge < -0.3 is 10.2 Å². The Balaban J connectivity index is 1.96. The first kappa shape index (κ1) is 15.5. The molecule has 3 nitrogen and oxygen atoms in total. The first-order chi connectivity index (χ1) is 10.0. The Kier molecular flexibility index (Phi) is 5.37. The molecule has 0 saturated carbocycles. The highest BCUT2D eigenvalue weighted by molar-refractivity contribution is 6.30. The smallest absolute Gasteiger partial charge is 0.305 e. The molecule has 0 radical (unpaired) electrons. The van der Waals surface area contributed by atoms with Crippen LogP contribution in [-0.2, 0) is 11.2 Å². The van der Waals surface area contributed by atoms with Gasteiger partial charge in [-0.1, -0.05) is 48.0 Å². The van der Waals surface area contributed by atoms with E-state index in [1.165, 1.54) is 0 Å². The summed E-state index contributed by atoms with van der Waals surface area (Å²) < 4.78 is 0. The monoisotopic (exact) mass is 304 g/mol. The zero-order valence-corrected chi connectivity index (χ0v) is 12.3. The number of aryl methyl sites for hydroxylation is 1. The summed E-state index contributed by atoms with van der Waals surface area (Å²) in [6, 6.07) is 15.7. The summed E-state index contributed by atoms with van der Waals surface area (Å²) >= 11 is 5.87. The third-order valence-electron chi connectivity index (χ3n) is 3.31. The number of carboxylic acid groups (broad SMARTS) is 1. The van der Waals surface area contributed by atoms with Gasteiger partial charge in [0.05, 0.1) is 12.5 Å². The number of halogens is 1. The van der Waals surface area contributed by atoms with Gasteiger partial charge in [0, 0.05) is 5.02 Å². The number of carboxylic acids is 1. The zero-order valence-electron chi connectivity index (χ0n) is 11.5. The van der Waals surface area contributed by atoms with E-state index >= 15 is 0 Å². The van der Waals surface area contributed by atoms with Crippen LogP contribution in [-0.4, -0.2) is 22.3 Å². The normalized spacial score (nSPS) is 12.1. The number of benzene rings is 2. The van der Waals surface area contributed by atoms with Crippen molar-refractivity contribution in [3.05, 3.63) is 59.1 Å². The van der Waals surface area contributed by atoms with Crippen molar-refractivity contribution in [2.24, 2.45) is 0 Å². The van der Waals surface area contributed by atoms with Gasteiger partial charge in [0.1, 0.15) is 0 Å². The van der Waals surface area contributed by atoms with E-state index in [9.17, 15) is 9.90 Å². The van der Waals surface area contributed by atoms with Gasteiger partial charge >= 0.3 is 5.97 Å². The second kappa shape index (κ2) is 7.25. The molecule has 0 saturated heterocycles. The molecule has 0 bridgehead atoms. The lowest BCUT2D eigenvalue weighted by Gasteiger charge is -2.08. The average molecular weight is 305 g/mol. The van der Waals surface area contributed by atoms with Crippen molar-refractivity contribution in [2.75, 3.05) is 0 Å². The summed E-state index contributed by atoms with van der Waals surface area (Å²) in [5, 5.41) is 18.9. The second-order valence-electron chi connectivity index (χ2n) is 4.99. The molecular formula is C17H17ClO3. The van der Waals surface area contributed by atoms with Crippen molar-refractivity contribution in [1.82, 2.24) is 0 Å². The zero-order chi connectivity index (χ0) is 15.2. The number of aliphatic hydroxyl groups is 1. The Morgan fingerprint density at radius 2 is 1.52 bits per heavy atom. The van der Waals surface area contributed by atoms with Crippen molar-refractivity contribution in [3.63, 3.8) is 0 Å². The fraction of sp³-hybridized carbons (Fsp3) is 0.235. The molecule has 0 aliphatic rings. The first-order valence-corrected chi connectivity index (χ1v) is 7.17. The van der Waals surface area contributed by atoms with Crippen molar-refractivity contribution < 1.29 is 15.0 Å². The van der Waals surface area contributed by atoms with Crippen molar-refractivity contribution >= 4 is 17.6 Å². The van der Waals surface area contributed by atoms with Crippen molar-refractivity contribution in [1.29, 1.82) is 0 Å². The maximum absolute atomic E-state index is 10.5. The fourth-order valence-electron chi connectivity index (χ4n) is 2.14. The molecular weight excluding hydrogens is 288 g/mol. The molecule has 1 unspecified atom stereocenters. The third kappa shape index (κ3) is 4.88. The first-order valence-electron chi connectivity index (χ1n) is 6.79. The van der Waals surface area contributed by atoms with Crippen LogP contribution in [0.2, 0.25) is 5.02 Å². The molecule has 4 heteroatoms. The minimum atomic E-state index is -0.972. The summed E-state index contributed by atoms with van der Waals surface area (Å²) in [5.74, 6) is -0.972. The molecule has 1 atom stereocenters. The van der Waals surface area contributed by atoms with Crippen LogP contribution in [0.25, 0.3) is 11.1 Å². The second-order valence-corrected chi connectivity index (χ2v) is 5.43. The van der Waals surface area contributed by atoms with E-state index in [-0.39, 0.29) is 6.42 Å². The summed E-state index contributed by atoms with van der Waals surface area (Å²) in [7, 11) is 0. The molecule has 2 rings (SSSR count). The molecule has 0 aromatic heterocycles. The fourth-order valence-corrected chi connectivity index (χ4v) is 2.27. The van der Waals surface area contributed by atoms with Crippen LogP contribution < -0.4 is 0 Å². The van der Waals surface area contributed by atoms with Crippen LogP contribution in [0, 0.1) is 0 Å². The Morgan fingerprint density at radius 3 is 2.05 bits per heavy atom. The number of hydrogen-bond donors (Lipinski definition) is 2. The maximum Gasteiger partial charge on any atom is 0.305 e. The van der Waals surface area contributed by atoms with E-state index in [4.69, 9.17) is 16.7 Å².